The predicted molar refractivity (Wildman–Crippen MR) is 137 cm³/mol. The van der Waals surface area contributed by atoms with E-state index in [9.17, 15) is 18.8 Å². The molecule has 8 heteroatoms. The topological polar surface area (TPSA) is 77.8 Å². The summed E-state index contributed by atoms with van der Waals surface area (Å²) in [4.78, 5) is 40.1. The second-order valence-electron chi connectivity index (χ2n) is 13.2. The number of ketones is 1. The maximum Gasteiger partial charge on any atom is 0.419 e. The molecule has 7 nitrogen and oxygen atoms in total. The number of rotatable bonds is 5. The largest absolute Gasteiger partial charge is 0.444 e. The average molecular weight is 513 g/mol. The molecule has 3 saturated carbocycles. The molecule has 1 atom stereocenters. The molecule has 3 aliphatic carbocycles. The third-order valence-corrected chi connectivity index (χ3v) is 7.63. The molecule has 0 aliphatic heterocycles. The smallest absolute Gasteiger partial charge is 0.419 e. The van der Waals surface area contributed by atoms with E-state index in [-0.39, 0.29) is 24.8 Å². The Morgan fingerprint density at radius 1 is 1.08 bits per heavy atom. The van der Waals surface area contributed by atoms with Crippen LogP contribution in [0.3, 0.4) is 0 Å². The molecule has 0 spiro atoms. The van der Waals surface area contributed by atoms with Crippen LogP contribution in [0.4, 0.5) is 14.0 Å². The molecule has 2 aromatic rings. The van der Waals surface area contributed by atoms with Crippen LogP contribution in [0.2, 0.25) is 0 Å². The first-order valence-electron chi connectivity index (χ1n) is 13.1. The number of benzene rings is 1. The van der Waals surface area contributed by atoms with Gasteiger partial charge in [-0.25, -0.2) is 18.5 Å². The van der Waals surface area contributed by atoms with Gasteiger partial charge in [-0.2, -0.15) is 0 Å². The standard InChI is InChI=1S/C29H37FN2O5/c1-26(2,3)36-24(34)31(17-28-15-29(28,30)16-28)14-21-11-20-8-7-19(18-9-10-22(33)12-18)13-23(20)32(21)25(35)37-27(4,5)6/h7-8,11,13,18H,9-10,12,14-17H2,1-6H3. The molecule has 1 amide bonds. The summed E-state index contributed by atoms with van der Waals surface area (Å²) >= 11 is 0. The highest BCUT2D eigenvalue weighted by Crippen LogP contribution is 2.81. The zero-order chi connectivity index (χ0) is 27.0. The van der Waals surface area contributed by atoms with Gasteiger partial charge in [0.1, 0.15) is 22.7 Å². The molecule has 0 saturated heterocycles. The van der Waals surface area contributed by atoms with Gasteiger partial charge in [-0.3, -0.25) is 4.79 Å². The first-order chi connectivity index (χ1) is 17.1. The van der Waals surface area contributed by atoms with Crippen molar-refractivity contribution in [2.24, 2.45) is 5.41 Å². The summed E-state index contributed by atoms with van der Waals surface area (Å²) in [6, 6.07) is 7.78. The van der Waals surface area contributed by atoms with Crippen LogP contribution in [0.15, 0.2) is 24.3 Å². The van der Waals surface area contributed by atoms with Gasteiger partial charge in [-0.1, -0.05) is 12.1 Å². The SMILES string of the molecule is CC(C)(C)OC(=O)N(Cc1cc2ccc(C3CCC(=O)C3)cc2n1C(=O)OC(C)(C)C)CC12CC1(F)C2. The van der Waals surface area contributed by atoms with Gasteiger partial charge in [0.2, 0.25) is 0 Å². The maximum absolute atomic E-state index is 14.5. The van der Waals surface area contributed by atoms with Crippen molar-refractivity contribution in [2.45, 2.75) is 103 Å². The van der Waals surface area contributed by atoms with Crippen molar-refractivity contribution in [2.75, 3.05) is 6.54 Å². The first kappa shape index (κ1) is 25.7. The Kier molecular flexibility index (Phi) is 5.77. The van der Waals surface area contributed by atoms with Crippen LogP contribution in [0, 0.1) is 5.41 Å². The van der Waals surface area contributed by atoms with Gasteiger partial charge in [0.25, 0.3) is 0 Å². The predicted octanol–water partition coefficient (Wildman–Crippen LogP) is 6.50. The molecule has 0 bridgehead atoms. The number of ether oxygens (including phenoxy) is 2. The van der Waals surface area contributed by atoms with Crippen LogP contribution in [-0.4, -0.2) is 50.9 Å². The van der Waals surface area contributed by atoms with Crippen LogP contribution in [0.5, 0.6) is 0 Å². The highest BCUT2D eigenvalue weighted by Gasteiger charge is 2.85. The molecular formula is C29H37FN2O5. The Bertz CT molecular complexity index is 1280. The fourth-order valence-corrected chi connectivity index (χ4v) is 5.53. The van der Waals surface area contributed by atoms with Crippen LogP contribution in [-0.2, 0) is 20.8 Å². The second kappa shape index (κ2) is 8.30. The van der Waals surface area contributed by atoms with Crippen molar-refractivity contribution in [3.63, 3.8) is 0 Å². The number of alkyl halides is 1. The quantitative estimate of drug-likeness (QED) is 0.457. The number of hydrogen-bond acceptors (Lipinski definition) is 5. The van der Waals surface area contributed by atoms with Crippen molar-refractivity contribution in [1.82, 2.24) is 9.47 Å². The maximum atomic E-state index is 14.5. The number of Topliss-reactive ketones (excluding diaryl/α,β-unsaturated/α-hetero) is 1. The van der Waals surface area contributed by atoms with E-state index in [1.165, 1.54) is 9.47 Å². The van der Waals surface area contributed by atoms with E-state index in [0.717, 1.165) is 17.4 Å². The van der Waals surface area contributed by atoms with E-state index in [1.54, 1.807) is 41.5 Å². The molecular weight excluding hydrogens is 475 g/mol. The molecule has 1 aromatic heterocycles. The summed E-state index contributed by atoms with van der Waals surface area (Å²) in [5.74, 6) is 0.381. The minimum Gasteiger partial charge on any atom is -0.444 e. The van der Waals surface area contributed by atoms with Gasteiger partial charge in [0.15, 0.2) is 0 Å². The van der Waals surface area contributed by atoms with E-state index in [0.29, 0.717) is 36.9 Å². The van der Waals surface area contributed by atoms with E-state index in [2.05, 4.69) is 0 Å². The first-order valence-corrected chi connectivity index (χ1v) is 13.1. The van der Waals surface area contributed by atoms with E-state index in [1.807, 2.05) is 24.3 Å². The number of nitrogens with zero attached hydrogens (tertiary/aromatic N) is 2. The number of carbonyl (C=O) groups is 3. The van der Waals surface area contributed by atoms with Crippen LogP contribution < -0.4 is 0 Å². The summed E-state index contributed by atoms with van der Waals surface area (Å²) < 4.78 is 27.4. The lowest BCUT2D eigenvalue weighted by Crippen LogP contribution is -2.39. The third kappa shape index (κ3) is 5.12. The van der Waals surface area contributed by atoms with Gasteiger partial charge in [-0.05, 0) is 84.4 Å². The average Bonchev–Trinajstić information content (AvgIpc) is 3.26. The minimum atomic E-state index is -1.17. The number of amides is 1. The third-order valence-electron chi connectivity index (χ3n) is 7.63. The van der Waals surface area contributed by atoms with Crippen LogP contribution in [0.1, 0.15) is 90.8 Å². The van der Waals surface area contributed by atoms with E-state index >= 15 is 0 Å². The van der Waals surface area contributed by atoms with Gasteiger partial charge in [-0.15, -0.1) is 0 Å². The fraction of sp³-hybridized carbons (Fsp3) is 0.621. The van der Waals surface area contributed by atoms with Crippen LogP contribution >= 0.6 is 0 Å². The molecule has 200 valence electrons. The molecule has 1 heterocycles. The molecule has 3 aliphatic rings. The summed E-state index contributed by atoms with van der Waals surface area (Å²) in [6.45, 7) is 11.1. The van der Waals surface area contributed by atoms with Gasteiger partial charge in [0, 0.05) is 35.9 Å². The Hall–Kier alpha value is -2.90. The molecule has 1 unspecified atom stereocenters. The number of aromatic nitrogens is 1. The number of fused-ring (bicyclic) bond motifs is 2. The van der Waals surface area contributed by atoms with Crippen molar-refractivity contribution in [1.29, 1.82) is 0 Å². The fourth-order valence-electron chi connectivity index (χ4n) is 5.53. The second-order valence-corrected chi connectivity index (χ2v) is 13.2. The van der Waals surface area contributed by atoms with Crippen molar-refractivity contribution < 1.29 is 28.2 Å². The zero-order valence-corrected chi connectivity index (χ0v) is 22.7. The lowest BCUT2D eigenvalue weighted by Gasteiger charge is -2.28. The van der Waals surface area contributed by atoms with Gasteiger partial charge in [0.05, 0.1) is 12.1 Å². The number of carbonyl (C=O) groups excluding carboxylic acids is 3. The van der Waals surface area contributed by atoms with Crippen LogP contribution in [0.25, 0.3) is 10.9 Å². The number of halogens is 1. The molecule has 0 N–H and O–H groups in total. The monoisotopic (exact) mass is 512 g/mol. The highest BCUT2D eigenvalue weighted by molar-refractivity contribution is 5.92. The molecule has 37 heavy (non-hydrogen) atoms. The van der Waals surface area contributed by atoms with E-state index in [4.69, 9.17) is 9.47 Å². The summed E-state index contributed by atoms with van der Waals surface area (Å²) in [5, 5.41) is 0.828. The Labute approximate surface area is 217 Å². The summed E-state index contributed by atoms with van der Waals surface area (Å²) in [7, 11) is 0. The Morgan fingerprint density at radius 2 is 1.73 bits per heavy atom. The summed E-state index contributed by atoms with van der Waals surface area (Å²) in [5.41, 5.74) is -0.849. The molecule has 5 rings (SSSR count). The van der Waals surface area contributed by atoms with Gasteiger partial charge < -0.3 is 14.4 Å². The number of hydrogen-bond donors (Lipinski definition) is 0. The lowest BCUT2D eigenvalue weighted by molar-refractivity contribution is -0.117. The van der Waals surface area contributed by atoms with Crippen molar-refractivity contribution in [3.8, 4) is 0 Å². The molecule has 3 fully saturated rings. The Morgan fingerprint density at radius 3 is 2.27 bits per heavy atom. The molecule has 0 radical (unpaired) electrons. The normalized spacial score (nSPS) is 26.7. The van der Waals surface area contributed by atoms with Crippen molar-refractivity contribution in [3.05, 3.63) is 35.5 Å². The Balaban J connectivity index is 1.52. The van der Waals surface area contributed by atoms with E-state index < -0.39 is 34.5 Å². The minimum absolute atomic E-state index is 0.0813. The molecule has 1 aromatic carbocycles. The lowest BCUT2D eigenvalue weighted by atomic mass is 9.97. The highest BCUT2D eigenvalue weighted by atomic mass is 19.1. The van der Waals surface area contributed by atoms with Crippen molar-refractivity contribution >= 4 is 28.9 Å². The van der Waals surface area contributed by atoms with Gasteiger partial charge >= 0.3 is 12.2 Å². The summed E-state index contributed by atoms with van der Waals surface area (Å²) in [6.07, 6.45) is 1.71. The zero-order valence-electron chi connectivity index (χ0n) is 22.7.